The van der Waals surface area contributed by atoms with Crippen LogP contribution >= 0.6 is 0 Å². The second-order valence-corrected chi connectivity index (χ2v) is 11.8. The molecule has 1 N–H and O–H groups in total. The van der Waals surface area contributed by atoms with Crippen LogP contribution in [0.3, 0.4) is 0 Å². The Morgan fingerprint density at radius 2 is 1.90 bits per heavy atom. The van der Waals surface area contributed by atoms with E-state index in [2.05, 4.69) is 13.8 Å². The summed E-state index contributed by atoms with van der Waals surface area (Å²) in [5.41, 5.74) is -0.416. The number of fused-ring (bicyclic) bond motifs is 5. The van der Waals surface area contributed by atoms with Gasteiger partial charge in [-0.3, -0.25) is 4.79 Å². The Balaban J connectivity index is 1.33. The lowest BCUT2D eigenvalue weighted by Gasteiger charge is -2.62. The number of aliphatic hydroxyl groups is 1. The number of Topliss-reactive ketones (excluding diaryl/α,β-unsaturated/α-hetero) is 1. The number of carbonyl (C=O) groups is 1. The second kappa shape index (κ2) is 7.73. The van der Waals surface area contributed by atoms with E-state index in [1.807, 2.05) is 0 Å². The fraction of sp³-hybridized carbons (Fsp3) is 0.815. The highest BCUT2D eigenvalue weighted by molar-refractivity contribution is 5.82. The van der Waals surface area contributed by atoms with Crippen LogP contribution in [-0.4, -0.2) is 34.8 Å². The molecule has 172 valence electrons. The third-order valence-corrected chi connectivity index (χ3v) is 10.4. The van der Waals surface area contributed by atoms with E-state index in [0.717, 1.165) is 51.4 Å². The van der Waals surface area contributed by atoms with Crippen LogP contribution in [0.1, 0.15) is 75.7 Å². The predicted octanol–water partition coefficient (Wildman–Crippen LogP) is 5.09. The highest BCUT2D eigenvalue weighted by atomic mass is 16.5. The Labute approximate surface area is 192 Å². The molecule has 0 spiro atoms. The van der Waals surface area contributed by atoms with E-state index < -0.39 is 5.60 Å². The maximum atomic E-state index is 13.5. The maximum absolute atomic E-state index is 13.5. The van der Waals surface area contributed by atoms with E-state index in [4.69, 9.17) is 8.85 Å². The molecule has 8 atom stereocenters. The number of aromatic nitrogens is 1. The summed E-state index contributed by atoms with van der Waals surface area (Å²) in [6.45, 7) is 5.30. The van der Waals surface area contributed by atoms with Crippen LogP contribution < -0.4 is 0 Å². The number of carbonyl (C=O) groups excluding carboxylic acids is 1. The number of methoxy groups -OCH3 is 1. The van der Waals surface area contributed by atoms with E-state index in [1.165, 1.54) is 17.1 Å². The van der Waals surface area contributed by atoms with Crippen molar-refractivity contribution in [1.29, 1.82) is 0 Å². The molecule has 0 saturated heterocycles. The van der Waals surface area contributed by atoms with Gasteiger partial charge in [-0.25, -0.2) is 0 Å². The van der Waals surface area contributed by atoms with Gasteiger partial charge in [-0.2, -0.15) is 0 Å². The monoisotopic (exact) mass is 430 g/mol. The molecule has 4 saturated carbocycles. The SMILES string of the molecule is [2H]c1cc([2H])n(CC(=O)[C@H]2CC[C@H]3[C@@H]4CC[C@H]5C[C@@](O)(COC)CC[C@]5(C)[C@H]4CC[C@]23C)c1[2H]. The molecule has 4 fully saturated rings. The summed E-state index contributed by atoms with van der Waals surface area (Å²) in [4.78, 5) is 13.5. The van der Waals surface area contributed by atoms with Gasteiger partial charge >= 0.3 is 0 Å². The molecule has 4 aliphatic carbocycles. The van der Waals surface area contributed by atoms with E-state index >= 15 is 0 Å². The Bertz CT molecular complexity index is 965. The Morgan fingerprint density at radius 1 is 1.10 bits per heavy atom. The molecule has 0 aliphatic heterocycles. The number of hydrogen-bond acceptors (Lipinski definition) is 3. The minimum absolute atomic E-state index is 0.00572. The topological polar surface area (TPSA) is 51.5 Å². The lowest BCUT2D eigenvalue weighted by atomic mass is 9.44. The van der Waals surface area contributed by atoms with Crippen LogP contribution in [0.25, 0.3) is 0 Å². The molecule has 4 nitrogen and oxygen atoms in total. The molecular weight excluding hydrogens is 386 g/mol. The zero-order valence-corrected chi connectivity index (χ0v) is 19.5. The highest BCUT2D eigenvalue weighted by Gasteiger charge is 2.62. The fourth-order valence-corrected chi connectivity index (χ4v) is 8.85. The van der Waals surface area contributed by atoms with Gasteiger partial charge in [-0.1, -0.05) is 13.8 Å². The van der Waals surface area contributed by atoms with E-state index in [9.17, 15) is 9.90 Å². The average molecular weight is 431 g/mol. The summed E-state index contributed by atoms with van der Waals surface area (Å²) >= 11 is 0. The number of ketones is 1. The van der Waals surface area contributed by atoms with E-state index in [-0.39, 0.29) is 47.5 Å². The summed E-state index contributed by atoms with van der Waals surface area (Å²) in [6.07, 6.45) is 9.38. The normalized spacial score (nSPS) is 48.1. The van der Waals surface area contributed by atoms with Gasteiger partial charge in [0.25, 0.3) is 0 Å². The van der Waals surface area contributed by atoms with Crippen molar-refractivity contribution >= 4 is 5.78 Å². The third kappa shape index (κ3) is 3.44. The quantitative estimate of drug-likeness (QED) is 0.708. The molecule has 0 aromatic carbocycles. The van der Waals surface area contributed by atoms with Gasteiger partial charge < -0.3 is 14.4 Å². The summed E-state index contributed by atoms with van der Waals surface area (Å²) in [7, 11) is 1.68. The minimum atomic E-state index is -0.676. The van der Waals surface area contributed by atoms with Crippen molar-refractivity contribution < 1.29 is 18.8 Å². The van der Waals surface area contributed by atoms with Crippen molar-refractivity contribution in [2.24, 2.45) is 40.4 Å². The summed E-state index contributed by atoms with van der Waals surface area (Å²) in [6, 6.07) is 1.38. The van der Waals surface area contributed by atoms with Gasteiger partial charge in [0.2, 0.25) is 0 Å². The van der Waals surface area contributed by atoms with Crippen molar-refractivity contribution in [3.05, 3.63) is 24.5 Å². The average Bonchev–Trinajstić information content (AvgIpc) is 3.25. The molecule has 0 radical (unpaired) electrons. The maximum Gasteiger partial charge on any atom is 0.156 e. The molecule has 5 rings (SSSR count). The van der Waals surface area contributed by atoms with E-state index in [0.29, 0.717) is 30.3 Å². The molecule has 1 aromatic rings. The molecule has 0 amide bonds. The van der Waals surface area contributed by atoms with Crippen molar-refractivity contribution in [2.75, 3.05) is 13.7 Å². The standard InChI is InChI=1S/C27H41NO3/c1-25-12-13-27(30,18-31-3)16-19(25)6-7-20-21-8-9-23(26(21,2)11-10-22(20)25)24(29)17-28-14-4-5-15-28/h4-5,14-15,19-23,30H,6-13,16-18H2,1-3H3/t19-,20-,21-,22-,23+,25-,26-,27+/m0/s1/i4D,14D,15D. The highest BCUT2D eigenvalue weighted by Crippen LogP contribution is 2.68. The zero-order chi connectivity index (χ0) is 24.5. The molecule has 31 heavy (non-hydrogen) atoms. The van der Waals surface area contributed by atoms with Crippen molar-refractivity contribution in [1.82, 2.24) is 4.57 Å². The summed E-state index contributed by atoms with van der Waals surface area (Å²) in [5, 5.41) is 11.1. The summed E-state index contributed by atoms with van der Waals surface area (Å²) < 4.78 is 30.7. The first kappa shape index (κ1) is 18.3. The van der Waals surface area contributed by atoms with Gasteiger partial charge in [0.1, 0.15) is 0 Å². The molecular formula is C27H41NO3. The number of nitrogens with zero attached hydrogens (tertiary/aromatic N) is 1. The Hall–Kier alpha value is -1.13. The van der Waals surface area contributed by atoms with E-state index in [1.54, 1.807) is 7.11 Å². The smallest absolute Gasteiger partial charge is 0.156 e. The number of rotatable bonds is 5. The number of hydrogen-bond donors (Lipinski definition) is 1. The predicted molar refractivity (Wildman–Crippen MR) is 121 cm³/mol. The van der Waals surface area contributed by atoms with Crippen LogP contribution in [0.15, 0.2) is 24.5 Å². The Morgan fingerprint density at radius 3 is 2.65 bits per heavy atom. The number of ether oxygens (including phenoxy) is 1. The second-order valence-electron chi connectivity index (χ2n) is 11.8. The first-order chi connectivity index (χ1) is 16.0. The fourth-order valence-electron chi connectivity index (χ4n) is 8.85. The lowest BCUT2D eigenvalue weighted by Crippen LogP contribution is -2.56. The largest absolute Gasteiger partial charge is 0.387 e. The van der Waals surface area contributed by atoms with Crippen LogP contribution in [0.5, 0.6) is 0 Å². The molecule has 0 bridgehead atoms. The summed E-state index contributed by atoms with van der Waals surface area (Å²) in [5.74, 6) is 2.54. The van der Waals surface area contributed by atoms with Crippen molar-refractivity contribution in [3.8, 4) is 0 Å². The van der Waals surface area contributed by atoms with Crippen LogP contribution in [-0.2, 0) is 16.1 Å². The minimum Gasteiger partial charge on any atom is -0.387 e. The van der Waals surface area contributed by atoms with Crippen LogP contribution in [0, 0.1) is 40.4 Å². The van der Waals surface area contributed by atoms with Crippen LogP contribution in [0.2, 0.25) is 0 Å². The van der Waals surface area contributed by atoms with Gasteiger partial charge in [0.05, 0.1) is 22.9 Å². The molecule has 0 unspecified atom stereocenters. The van der Waals surface area contributed by atoms with Gasteiger partial charge in [-0.15, -0.1) is 0 Å². The van der Waals surface area contributed by atoms with Gasteiger partial charge in [0.15, 0.2) is 5.78 Å². The van der Waals surface area contributed by atoms with Gasteiger partial charge in [0, 0.05) is 25.4 Å². The van der Waals surface area contributed by atoms with Crippen molar-refractivity contribution in [2.45, 2.75) is 83.8 Å². The first-order valence-electron chi connectivity index (χ1n) is 13.9. The molecule has 4 aliphatic rings. The Kier molecular flexibility index (Phi) is 4.57. The van der Waals surface area contributed by atoms with Crippen molar-refractivity contribution in [3.63, 3.8) is 0 Å². The third-order valence-electron chi connectivity index (χ3n) is 10.4. The van der Waals surface area contributed by atoms with Crippen LogP contribution in [0.4, 0.5) is 0 Å². The zero-order valence-electron chi connectivity index (χ0n) is 22.5. The molecule has 1 heterocycles. The van der Waals surface area contributed by atoms with Gasteiger partial charge in [-0.05, 0) is 104 Å². The lowest BCUT2D eigenvalue weighted by molar-refractivity contribution is -0.164. The molecule has 1 aromatic heterocycles. The molecule has 4 heteroatoms. The first-order valence-corrected chi connectivity index (χ1v) is 12.4.